The lowest BCUT2D eigenvalue weighted by atomic mass is 10.2. The van der Waals surface area contributed by atoms with E-state index >= 15 is 0 Å². The number of sulfonamides is 1. The fourth-order valence-electron chi connectivity index (χ4n) is 2.45. The fraction of sp³-hybridized carbons (Fsp3) is 0.222. The van der Waals surface area contributed by atoms with Crippen LogP contribution in [0.5, 0.6) is 0 Å². The molecule has 0 spiro atoms. The quantitative estimate of drug-likeness (QED) is 0.762. The molecule has 8 heteroatoms. The van der Waals surface area contributed by atoms with Gasteiger partial charge in [-0.15, -0.1) is 0 Å². The third kappa shape index (κ3) is 4.42. The molecular formula is C18H19ClN2O4S. The number of rotatable bonds is 6. The number of hydrogen-bond donors (Lipinski definition) is 1. The van der Waals surface area contributed by atoms with E-state index in [0.717, 1.165) is 9.87 Å². The van der Waals surface area contributed by atoms with E-state index in [2.05, 4.69) is 5.32 Å². The van der Waals surface area contributed by atoms with Gasteiger partial charge in [0, 0.05) is 12.6 Å². The average molecular weight is 395 g/mol. The van der Waals surface area contributed by atoms with Crippen LogP contribution in [-0.2, 0) is 19.6 Å². The highest BCUT2D eigenvalue weighted by Crippen LogP contribution is 2.28. The lowest BCUT2D eigenvalue weighted by Gasteiger charge is -2.28. The second kappa shape index (κ2) is 7.88. The molecule has 0 fully saturated rings. The van der Waals surface area contributed by atoms with E-state index in [1.165, 1.54) is 38.1 Å². The summed E-state index contributed by atoms with van der Waals surface area (Å²) < 4.78 is 27.3. The Morgan fingerprint density at radius 2 is 1.73 bits per heavy atom. The van der Waals surface area contributed by atoms with Crippen LogP contribution in [0, 0.1) is 6.92 Å². The van der Waals surface area contributed by atoms with Gasteiger partial charge in [-0.1, -0.05) is 12.1 Å². The Hall–Kier alpha value is -2.38. The summed E-state index contributed by atoms with van der Waals surface area (Å²) in [6.07, 6.45) is 0. The predicted octanol–water partition coefficient (Wildman–Crippen LogP) is 3.30. The highest BCUT2D eigenvalue weighted by atomic mass is 35.5. The van der Waals surface area contributed by atoms with Crippen LogP contribution in [0.3, 0.4) is 0 Å². The van der Waals surface area contributed by atoms with Gasteiger partial charge < -0.3 is 5.32 Å². The van der Waals surface area contributed by atoms with E-state index in [-0.39, 0.29) is 10.8 Å². The first-order valence-electron chi connectivity index (χ1n) is 7.81. The number of anilines is 2. The van der Waals surface area contributed by atoms with Crippen molar-refractivity contribution >= 4 is 44.1 Å². The van der Waals surface area contributed by atoms with E-state index in [1.54, 1.807) is 18.2 Å². The van der Waals surface area contributed by atoms with E-state index in [1.807, 2.05) is 13.0 Å². The highest BCUT2D eigenvalue weighted by molar-refractivity contribution is 7.93. The molecule has 138 valence electrons. The SMILES string of the molecule is CC(=O)Nc1ccc(S(=O)(=O)N(c2cccc(C)c2)C(C)C(=O)Cl)cc1. The molecule has 1 atom stereocenters. The van der Waals surface area contributed by atoms with Gasteiger partial charge in [-0.3, -0.25) is 13.9 Å². The number of halogens is 1. The number of nitrogens with one attached hydrogen (secondary N) is 1. The maximum absolute atomic E-state index is 13.2. The summed E-state index contributed by atoms with van der Waals surface area (Å²) in [6, 6.07) is 11.4. The van der Waals surface area contributed by atoms with Crippen molar-refractivity contribution in [2.75, 3.05) is 9.62 Å². The Labute approximate surface area is 157 Å². The Bertz CT molecular complexity index is 926. The molecular weight excluding hydrogens is 376 g/mol. The molecule has 0 bridgehead atoms. The lowest BCUT2D eigenvalue weighted by molar-refractivity contribution is -0.114. The van der Waals surface area contributed by atoms with Crippen LogP contribution in [0.1, 0.15) is 19.4 Å². The second-order valence-electron chi connectivity index (χ2n) is 5.83. The molecule has 2 aromatic carbocycles. The van der Waals surface area contributed by atoms with Crippen LogP contribution in [-0.4, -0.2) is 25.6 Å². The Morgan fingerprint density at radius 1 is 1.12 bits per heavy atom. The summed E-state index contributed by atoms with van der Waals surface area (Å²) in [5.74, 6) is -0.261. The molecule has 2 rings (SSSR count). The minimum absolute atomic E-state index is 0.0159. The molecule has 2 aromatic rings. The Kier molecular flexibility index (Phi) is 6.05. The minimum Gasteiger partial charge on any atom is -0.326 e. The number of carbonyl (C=O) groups is 2. The summed E-state index contributed by atoms with van der Waals surface area (Å²) in [7, 11) is -4.05. The first-order chi connectivity index (χ1) is 12.1. The Morgan fingerprint density at radius 3 is 2.23 bits per heavy atom. The molecule has 1 amide bonds. The van der Waals surface area contributed by atoms with Crippen LogP contribution < -0.4 is 9.62 Å². The van der Waals surface area contributed by atoms with E-state index < -0.39 is 21.3 Å². The fourth-order valence-corrected chi connectivity index (χ4v) is 4.22. The van der Waals surface area contributed by atoms with Gasteiger partial charge >= 0.3 is 0 Å². The summed E-state index contributed by atoms with van der Waals surface area (Å²) in [4.78, 5) is 22.8. The molecule has 0 heterocycles. The van der Waals surface area contributed by atoms with Gasteiger partial charge in [0.2, 0.25) is 11.1 Å². The third-order valence-electron chi connectivity index (χ3n) is 3.67. The molecule has 0 aliphatic heterocycles. The molecule has 0 aliphatic rings. The normalized spacial score (nSPS) is 12.3. The van der Waals surface area contributed by atoms with Crippen molar-refractivity contribution in [3.8, 4) is 0 Å². The first kappa shape index (κ1) is 19.9. The van der Waals surface area contributed by atoms with Gasteiger partial charge in [0.25, 0.3) is 10.0 Å². The average Bonchev–Trinajstić information content (AvgIpc) is 2.54. The van der Waals surface area contributed by atoms with Crippen molar-refractivity contribution in [3.05, 3.63) is 54.1 Å². The summed E-state index contributed by atoms with van der Waals surface area (Å²) in [6.45, 7) is 4.61. The van der Waals surface area contributed by atoms with Crippen LogP contribution in [0.25, 0.3) is 0 Å². The largest absolute Gasteiger partial charge is 0.326 e. The van der Waals surface area contributed by atoms with Crippen molar-refractivity contribution in [1.82, 2.24) is 0 Å². The summed E-state index contributed by atoms with van der Waals surface area (Å²) in [5, 5.41) is 1.78. The van der Waals surface area contributed by atoms with Crippen LogP contribution in [0.15, 0.2) is 53.4 Å². The van der Waals surface area contributed by atoms with E-state index in [9.17, 15) is 18.0 Å². The van der Waals surface area contributed by atoms with Gasteiger partial charge in [0.1, 0.15) is 6.04 Å². The van der Waals surface area contributed by atoms with Gasteiger partial charge in [0.15, 0.2) is 0 Å². The van der Waals surface area contributed by atoms with Crippen molar-refractivity contribution in [1.29, 1.82) is 0 Å². The van der Waals surface area contributed by atoms with Crippen LogP contribution >= 0.6 is 11.6 Å². The van der Waals surface area contributed by atoms with E-state index in [4.69, 9.17) is 11.6 Å². The van der Waals surface area contributed by atoms with Crippen molar-refractivity contribution < 1.29 is 18.0 Å². The minimum atomic E-state index is -4.05. The summed E-state index contributed by atoms with van der Waals surface area (Å²) >= 11 is 5.60. The van der Waals surface area contributed by atoms with Crippen LogP contribution in [0.4, 0.5) is 11.4 Å². The van der Waals surface area contributed by atoms with Gasteiger partial charge in [-0.2, -0.15) is 0 Å². The maximum atomic E-state index is 13.2. The molecule has 0 saturated carbocycles. The maximum Gasteiger partial charge on any atom is 0.265 e. The van der Waals surface area contributed by atoms with Gasteiger partial charge in [0.05, 0.1) is 10.6 Å². The summed E-state index contributed by atoms with van der Waals surface area (Å²) in [5.41, 5.74) is 1.66. The zero-order chi connectivity index (χ0) is 19.5. The standard InChI is InChI=1S/C18H19ClN2O4S/c1-12-5-4-6-16(11-12)21(13(2)18(19)23)26(24,25)17-9-7-15(8-10-17)20-14(3)22/h4-11,13H,1-3H3,(H,20,22). The molecule has 6 nitrogen and oxygen atoms in total. The molecule has 0 saturated heterocycles. The van der Waals surface area contributed by atoms with Gasteiger partial charge in [-0.05, 0) is 67.4 Å². The number of hydrogen-bond acceptors (Lipinski definition) is 4. The molecule has 26 heavy (non-hydrogen) atoms. The van der Waals surface area contributed by atoms with Gasteiger partial charge in [-0.25, -0.2) is 8.42 Å². The van der Waals surface area contributed by atoms with Crippen molar-refractivity contribution in [2.24, 2.45) is 0 Å². The molecule has 1 unspecified atom stereocenters. The number of carbonyl (C=O) groups excluding carboxylic acids is 2. The van der Waals surface area contributed by atoms with Crippen LogP contribution in [0.2, 0.25) is 0 Å². The highest BCUT2D eigenvalue weighted by Gasteiger charge is 2.32. The molecule has 0 aliphatic carbocycles. The lowest BCUT2D eigenvalue weighted by Crippen LogP contribution is -2.42. The predicted molar refractivity (Wildman–Crippen MR) is 102 cm³/mol. The molecule has 0 aromatic heterocycles. The van der Waals surface area contributed by atoms with Crippen molar-refractivity contribution in [2.45, 2.75) is 31.7 Å². The number of nitrogens with zero attached hydrogens (tertiary/aromatic N) is 1. The third-order valence-corrected chi connectivity index (χ3v) is 5.90. The topological polar surface area (TPSA) is 83.6 Å². The number of benzene rings is 2. The van der Waals surface area contributed by atoms with E-state index in [0.29, 0.717) is 11.4 Å². The second-order valence-corrected chi connectivity index (χ2v) is 8.01. The molecule has 0 radical (unpaired) electrons. The monoisotopic (exact) mass is 394 g/mol. The zero-order valence-corrected chi connectivity index (χ0v) is 16.1. The number of aryl methyl sites for hydroxylation is 1. The number of amides is 1. The van der Waals surface area contributed by atoms with Crippen molar-refractivity contribution in [3.63, 3.8) is 0 Å². The smallest absolute Gasteiger partial charge is 0.265 e. The zero-order valence-electron chi connectivity index (χ0n) is 14.6. The molecule has 1 N–H and O–H groups in total. The first-order valence-corrected chi connectivity index (χ1v) is 9.63. The Balaban J connectivity index is 2.52.